The topological polar surface area (TPSA) is 111 Å². The standard InChI is InChI=1S/C28H39N3O4.C23H31N3O2/c1-28(2,3)35-27(32)31-15-11-24(31)21-34-26-17-25(18-29-19-26)30-13-9-22(10-14-30)12-16-33-20-23-7-5-4-6-8-23;1-2-4-20(5-3-1)17-27-13-9-19-7-11-26(12-8-19)22-14-23(16-24-15-22)28-18-21-6-10-25-21/h4-8,17-19,22,24H,9-16,20-21H2,1-3H3;1-5,14-16,19,21,25H,6-13,17-18H2. The van der Waals surface area contributed by atoms with E-state index in [1.807, 2.05) is 51.5 Å². The lowest BCUT2D eigenvalue weighted by Crippen LogP contribution is -2.55. The summed E-state index contributed by atoms with van der Waals surface area (Å²) in [5.74, 6) is 3.08. The van der Waals surface area contributed by atoms with Crippen molar-refractivity contribution in [1.82, 2.24) is 20.2 Å². The van der Waals surface area contributed by atoms with Crippen LogP contribution in [0.25, 0.3) is 0 Å². The number of rotatable bonds is 18. The fourth-order valence-electron chi connectivity index (χ4n) is 8.36. The van der Waals surface area contributed by atoms with Crippen molar-refractivity contribution in [2.75, 3.05) is 75.5 Å². The quantitative estimate of drug-likeness (QED) is 0.0969. The summed E-state index contributed by atoms with van der Waals surface area (Å²) in [5.41, 5.74) is 4.27. The number of hydrogen-bond donors (Lipinski definition) is 1. The molecule has 2 unspecified atom stereocenters. The van der Waals surface area contributed by atoms with Crippen molar-refractivity contribution < 1.29 is 28.5 Å². The van der Waals surface area contributed by atoms with Crippen molar-refractivity contribution >= 4 is 17.5 Å². The third kappa shape index (κ3) is 15.1. The molecule has 0 bridgehead atoms. The highest BCUT2D eigenvalue weighted by Gasteiger charge is 2.36. The number of ether oxygens (including phenoxy) is 5. The Morgan fingerprint density at radius 1 is 0.651 bits per heavy atom. The van der Waals surface area contributed by atoms with E-state index in [9.17, 15) is 4.79 Å². The van der Waals surface area contributed by atoms with Gasteiger partial charge < -0.3 is 43.7 Å². The Balaban J connectivity index is 0.000000193. The monoisotopic (exact) mass is 863 g/mol. The number of likely N-dealkylation sites (tertiary alicyclic amines) is 1. The summed E-state index contributed by atoms with van der Waals surface area (Å²) >= 11 is 0. The molecule has 6 heterocycles. The fraction of sp³-hybridized carbons (Fsp3) is 0.549. The number of pyridine rings is 2. The number of amides is 1. The molecular formula is C51H70N6O6. The number of nitrogens with zero attached hydrogens (tertiary/aromatic N) is 5. The minimum absolute atomic E-state index is 0.0494. The van der Waals surface area contributed by atoms with Gasteiger partial charge in [-0.1, -0.05) is 60.7 Å². The van der Waals surface area contributed by atoms with Crippen LogP contribution in [0.2, 0.25) is 0 Å². The molecular weight excluding hydrogens is 793 g/mol. The minimum atomic E-state index is -0.487. The number of carbonyl (C=O) groups is 1. The lowest BCUT2D eigenvalue weighted by molar-refractivity contribution is -0.0141. The van der Waals surface area contributed by atoms with Crippen molar-refractivity contribution in [3.05, 3.63) is 109 Å². The predicted octanol–water partition coefficient (Wildman–Crippen LogP) is 8.94. The van der Waals surface area contributed by atoms with Gasteiger partial charge in [0.15, 0.2) is 0 Å². The van der Waals surface area contributed by atoms with Crippen molar-refractivity contribution in [3.8, 4) is 11.5 Å². The number of carbonyl (C=O) groups excluding carboxylic acids is 1. The molecule has 0 saturated carbocycles. The molecule has 4 aliphatic rings. The van der Waals surface area contributed by atoms with Gasteiger partial charge in [0.05, 0.1) is 55.4 Å². The van der Waals surface area contributed by atoms with Gasteiger partial charge >= 0.3 is 6.09 Å². The van der Waals surface area contributed by atoms with Crippen LogP contribution in [0.4, 0.5) is 16.2 Å². The highest BCUT2D eigenvalue weighted by molar-refractivity contribution is 5.69. The number of aromatic nitrogens is 2. The summed E-state index contributed by atoms with van der Waals surface area (Å²) in [6.07, 6.45) is 16.3. The Hall–Kier alpha value is -4.91. The summed E-state index contributed by atoms with van der Waals surface area (Å²) in [7, 11) is 0. The van der Waals surface area contributed by atoms with Crippen LogP contribution < -0.4 is 24.6 Å². The Kier molecular flexibility index (Phi) is 17.3. The summed E-state index contributed by atoms with van der Waals surface area (Å²) in [5, 5.41) is 3.36. The van der Waals surface area contributed by atoms with E-state index in [1.165, 1.54) is 36.1 Å². The maximum absolute atomic E-state index is 12.3. The summed E-state index contributed by atoms with van der Waals surface area (Å²) < 4.78 is 29.2. The van der Waals surface area contributed by atoms with E-state index in [2.05, 4.69) is 85.7 Å². The lowest BCUT2D eigenvalue weighted by Gasteiger charge is -2.41. The van der Waals surface area contributed by atoms with Crippen LogP contribution in [0.1, 0.15) is 83.3 Å². The molecule has 63 heavy (non-hydrogen) atoms. The molecule has 12 nitrogen and oxygen atoms in total. The molecule has 1 amide bonds. The summed E-state index contributed by atoms with van der Waals surface area (Å²) in [6, 6.07) is 25.5. The van der Waals surface area contributed by atoms with Crippen molar-refractivity contribution in [1.29, 1.82) is 0 Å². The van der Waals surface area contributed by atoms with Crippen molar-refractivity contribution in [2.45, 2.75) is 103 Å². The molecule has 2 aromatic carbocycles. The Labute approximate surface area is 375 Å². The largest absolute Gasteiger partial charge is 0.490 e. The zero-order valence-corrected chi connectivity index (χ0v) is 37.9. The van der Waals surface area contributed by atoms with E-state index in [0.717, 1.165) is 108 Å². The van der Waals surface area contributed by atoms with Crippen LogP contribution in [0.15, 0.2) is 97.6 Å². The molecule has 0 spiro atoms. The normalized spacial score (nSPS) is 19.3. The minimum Gasteiger partial charge on any atom is -0.490 e. The molecule has 2 aromatic heterocycles. The van der Waals surface area contributed by atoms with Gasteiger partial charge in [0.25, 0.3) is 0 Å². The first kappa shape index (κ1) is 46.1. The average Bonchev–Trinajstić information content (AvgIpc) is 3.27. The third-order valence-electron chi connectivity index (χ3n) is 12.5. The van der Waals surface area contributed by atoms with E-state index in [4.69, 9.17) is 23.7 Å². The van der Waals surface area contributed by atoms with E-state index >= 15 is 0 Å². The van der Waals surface area contributed by atoms with E-state index in [1.54, 1.807) is 11.1 Å². The summed E-state index contributed by atoms with van der Waals surface area (Å²) in [6.45, 7) is 15.9. The molecule has 4 saturated heterocycles. The maximum atomic E-state index is 12.3. The first-order valence-corrected chi connectivity index (χ1v) is 23.4. The smallest absolute Gasteiger partial charge is 0.410 e. The van der Waals surface area contributed by atoms with Crippen LogP contribution in [0.3, 0.4) is 0 Å². The molecule has 2 atom stereocenters. The van der Waals surface area contributed by atoms with Gasteiger partial charge in [-0.05, 0) is 102 Å². The van der Waals surface area contributed by atoms with Crippen LogP contribution in [-0.4, -0.2) is 104 Å². The molecule has 4 aliphatic heterocycles. The molecule has 0 aliphatic carbocycles. The molecule has 0 radical (unpaired) electrons. The van der Waals surface area contributed by atoms with Crippen LogP contribution in [0, 0.1) is 11.8 Å². The number of hydrogen-bond acceptors (Lipinski definition) is 11. The second-order valence-electron chi connectivity index (χ2n) is 18.5. The first-order valence-electron chi connectivity index (χ1n) is 23.4. The molecule has 4 fully saturated rings. The number of benzene rings is 2. The molecule has 340 valence electrons. The van der Waals surface area contributed by atoms with Crippen molar-refractivity contribution in [2.24, 2.45) is 11.8 Å². The van der Waals surface area contributed by atoms with E-state index < -0.39 is 5.60 Å². The SMILES string of the molecule is CC(C)(C)OC(=O)N1CCC1COc1cncc(N2CCC(CCOCc3ccccc3)CC2)c1.c1ccc(COCCC2CCN(c3cncc(OCC4CCN4)c3)CC2)cc1. The van der Waals surface area contributed by atoms with Crippen molar-refractivity contribution in [3.63, 3.8) is 0 Å². The van der Waals surface area contributed by atoms with Gasteiger partial charge in [-0.2, -0.15) is 0 Å². The van der Waals surface area contributed by atoms with Gasteiger partial charge in [0.2, 0.25) is 0 Å². The lowest BCUT2D eigenvalue weighted by atomic mass is 9.94. The zero-order valence-electron chi connectivity index (χ0n) is 37.9. The molecule has 12 heteroatoms. The Bertz CT molecular complexity index is 1930. The Morgan fingerprint density at radius 3 is 1.57 bits per heavy atom. The fourth-order valence-corrected chi connectivity index (χ4v) is 8.36. The van der Waals surface area contributed by atoms with E-state index in [-0.39, 0.29) is 12.1 Å². The second kappa shape index (κ2) is 23.7. The molecule has 8 rings (SSSR count). The second-order valence-corrected chi connectivity index (χ2v) is 18.5. The van der Waals surface area contributed by atoms with Crippen LogP contribution in [-0.2, 0) is 27.4 Å². The molecule has 1 N–H and O–H groups in total. The zero-order chi connectivity index (χ0) is 43.7. The first-order chi connectivity index (χ1) is 30.7. The molecule has 4 aromatic rings. The highest BCUT2D eigenvalue weighted by Crippen LogP contribution is 2.30. The average molecular weight is 863 g/mol. The van der Waals surface area contributed by atoms with Gasteiger partial charge in [-0.25, -0.2) is 4.79 Å². The van der Waals surface area contributed by atoms with Gasteiger partial charge in [0, 0.05) is 64.1 Å². The van der Waals surface area contributed by atoms with Crippen LogP contribution >= 0.6 is 0 Å². The Morgan fingerprint density at radius 2 is 1.14 bits per heavy atom. The maximum Gasteiger partial charge on any atom is 0.410 e. The third-order valence-corrected chi connectivity index (χ3v) is 12.5. The number of anilines is 2. The van der Waals surface area contributed by atoms with E-state index in [0.29, 0.717) is 38.3 Å². The predicted molar refractivity (Wildman–Crippen MR) is 249 cm³/mol. The van der Waals surface area contributed by atoms with Gasteiger partial charge in [-0.3, -0.25) is 9.97 Å². The van der Waals surface area contributed by atoms with Gasteiger partial charge in [-0.15, -0.1) is 0 Å². The number of piperidine rings is 2. The summed E-state index contributed by atoms with van der Waals surface area (Å²) in [4.78, 5) is 27.7. The number of nitrogens with one attached hydrogen (secondary N) is 1. The van der Waals surface area contributed by atoms with Gasteiger partial charge in [0.1, 0.15) is 30.3 Å². The highest BCUT2D eigenvalue weighted by atomic mass is 16.6. The van der Waals surface area contributed by atoms with Crippen LogP contribution in [0.5, 0.6) is 11.5 Å².